The number of methoxy groups -OCH3 is 1. The van der Waals surface area contributed by atoms with E-state index in [1.54, 1.807) is 0 Å². The number of hydrogen-bond donors (Lipinski definition) is 1. The molecule has 1 atom stereocenters. The van der Waals surface area contributed by atoms with Crippen LogP contribution in [0.3, 0.4) is 0 Å². The Hall–Kier alpha value is -1.55. The summed E-state index contributed by atoms with van der Waals surface area (Å²) in [4.78, 5) is 11.2. The average molecular weight is 263 g/mol. The monoisotopic (exact) mass is 263 g/mol. The van der Waals surface area contributed by atoms with Gasteiger partial charge in [0.15, 0.2) is 0 Å². The summed E-state index contributed by atoms with van der Waals surface area (Å²) < 4.78 is 10.7. The SMILES string of the molecule is COC(=O)Cc1ccc(OC2(C)CCCNC2)cc1. The molecular weight excluding hydrogens is 242 g/mol. The summed E-state index contributed by atoms with van der Waals surface area (Å²) >= 11 is 0. The minimum atomic E-state index is -0.225. The molecule has 0 saturated carbocycles. The number of carbonyl (C=O) groups excluding carboxylic acids is 1. The van der Waals surface area contributed by atoms with Gasteiger partial charge in [0.25, 0.3) is 0 Å². The van der Waals surface area contributed by atoms with Gasteiger partial charge in [0.1, 0.15) is 11.4 Å². The molecule has 0 spiro atoms. The smallest absolute Gasteiger partial charge is 0.309 e. The molecule has 1 aromatic rings. The summed E-state index contributed by atoms with van der Waals surface area (Å²) in [7, 11) is 1.40. The van der Waals surface area contributed by atoms with E-state index in [0.717, 1.165) is 37.2 Å². The summed E-state index contributed by atoms with van der Waals surface area (Å²) in [6, 6.07) is 7.65. The Kier molecular flexibility index (Phi) is 4.43. The lowest BCUT2D eigenvalue weighted by Gasteiger charge is -2.34. The van der Waals surface area contributed by atoms with Gasteiger partial charge in [0.2, 0.25) is 0 Å². The largest absolute Gasteiger partial charge is 0.486 e. The molecule has 104 valence electrons. The highest BCUT2D eigenvalue weighted by molar-refractivity contribution is 5.72. The lowest BCUT2D eigenvalue weighted by molar-refractivity contribution is -0.139. The standard InChI is InChI=1S/C15H21NO3/c1-15(8-3-9-16-11-15)19-13-6-4-12(5-7-13)10-14(17)18-2/h4-7,16H,3,8-11H2,1-2H3. The van der Waals surface area contributed by atoms with Crippen molar-refractivity contribution in [3.05, 3.63) is 29.8 Å². The molecule has 1 heterocycles. The van der Waals surface area contributed by atoms with Crippen molar-refractivity contribution in [2.45, 2.75) is 31.8 Å². The lowest BCUT2D eigenvalue weighted by atomic mass is 9.96. The zero-order valence-corrected chi connectivity index (χ0v) is 11.6. The fraction of sp³-hybridized carbons (Fsp3) is 0.533. The normalized spacial score (nSPS) is 22.8. The van der Waals surface area contributed by atoms with E-state index in [-0.39, 0.29) is 11.6 Å². The third-order valence-electron chi connectivity index (χ3n) is 3.42. The van der Waals surface area contributed by atoms with Crippen molar-refractivity contribution in [1.29, 1.82) is 0 Å². The van der Waals surface area contributed by atoms with Crippen LogP contribution in [0.4, 0.5) is 0 Å². The van der Waals surface area contributed by atoms with Crippen molar-refractivity contribution in [3.63, 3.8) is 0 Å². The van der Waals surface area contributed by atoms with Crippen molar-refractivity contribution in [2.75, 3.05) is 20.2 Å². The van der Waals surface area contributed by atoms with E-state index in [2.05, 4.69) is 17.0 Å². The Morgan fingerprint density at radius 2 is 2.11 bits per heavy atom. The number of hydrogen-bond acceptors (Lipinski definition) is 4. The van der Waals surface area contributed by atoms with E-state index < -0.39 is 0 Å². The molecule has 0 aliphatic carbocycles. The second-order valence-corrected chi connectivity index (χ2v) is 5.23. The Bertz CT molecular complexity index is 422. The molecule has 0 radical (unpaired) electrons. The molecule has 0 amide bonds. The molecule has 1 aliphatic heterocycles. The van der Waals surface area contributed by atoms with Gasteiger partial charge >= 0.3 is 5.97 Å². The molecule has 1 aliphatic rings. The van der Waals surface area contributed by atoms with Crippen LogP contribution in [0.15, 0.2) is 24.3 Å². The zero-order chi connectivity index (χ0) is 13.7. The number of nitrogens with one attached hydrogen (secondary N) is 1. The lowest BCUT2D eigenvalue weighted by Crippen LogP contribution is -2.47. The second kappa shape index (κ2) is 6.06. The van der Waals surface area contributed by atoms with E-state index in [1.165, 1.54) is 7.11 Å². The first kappa shape index (κ1) is 13.9. The summed E-state index contributed by atoms with van der Waals surface area (Å²) in [6.07, 6.45) is 2.50. The molecule has 1 unspecified atom stereocenters. The van der Waals surface area contributed by atoms with Crippen LogP contribution >= 0.6 is 0 Å². The van der Waals surface area contributed by atoms with Gasteiger partial charge in [-0.15, -0.1) is 0 Å². The van der Waals surface area contributed by atoms with Gasteiger partial charge in [-0.05, 0) is 44.0 Å². The molecule has 1 saturated heterocycles. The zero-order valence-electron chi connectivity index (χ0n) is 11.6. The van der Waals surface area contributed by atoms with Crippen LogP contribution in [-0.2, 0) is 16.0 Å². The summed E-state index contributed by atoms with van der Waals surface area (Å²) in [5.74, 6) is 0.622. The highest BCUT2D eigenvalue weighted by Crippen LogP contribution is 2.24. The summed E-state index contributed by atoms with van der Waals surface area (Å²) in [5, 5.41) is 3.35. The van der Waals surface area contributed by atoms with Crippen LogP contribution in [-0.4, -0.2) is 31.8 Å². The maximum Gasteiger partial charge on any atom is 0.309 e. The quantitative estimate of drug-likeness (QED) is 0.843. The molecule has 1 N–H and O–H groups in total. The van der Waals surface area contributed by atoms with Gasteiger partial charge in [-0.2, -0.15) is 0 Å². The van der Waals surface area contributed by atoms with Gasteiger partial charge in [-0.3, -0.25) is 4.79 Å². The highest BCUT2D eigenvalue weighted by atomic mass is 16.5. The topological polar surface area (TPSA) is 47.6 Å². The number of ether oxygens (including phenoxy) is 2. The first-order chi connectivity index (χ1) is 9.11. The van der Waals surface area contributed by atoms with Crippen LogP contribution in [0.1, 0.15) is 25.3 Å². The molecule has 2 rings (SSSR count). The first-order valence-corrected chi connectivity index (χ1v) is 6.67. The average Bonchev–Trinajstić information content (AvgIpc) is 2.41. The molecule has 1 fully saturated rings. The Morgan fingerprint density at radius 3 is 2.68 bits per heavy atom. The van der Waals surface area contributed by atoms with Gasteiger partial charge in [-0.25, -0.2) is 0 Å². The molecule has 4 heteroatoms. The fourth-order valence-electron chi connectivity index (χ4n) is 2.31. The van der Waals surface area contributed by atoms with Crippen LogP contribution in [0.25, 0.3) is 0 Å². The fourth-order valence-corrected chi connectivity index (χ4v) is 2.31. The van der Waals surface area contributed by atoms with E-state index in [0.29, 0.717) is 6.42 Å². The van der Waals surface area contributed by atoms with Crippen molar-refractivity contribution in [3.8, 4) is 5.75 Å². The predicted molar refractivity (Wildman–Crippen MR) is 73.3 cm³/mol. The minimum absolute atomic E-state index is 0.137. The maximum absolute atomic E-state index is 11.2. The van der Waals surface area contributed by atoms with Gasteiger partial charge in [0, 0.05) is 6.54 Å². The highest BCUT2D eigenvalue weighted by Gasteiger charge is 2.28. The minimum Gasteiger partial charge on any atom is -0.486 e. The first-order valence-electron chi connectivity index (χ1n) is 6.67. The number of benzene rings is 1. The Morgan fingerprint density at radius 1 is 1.37 bits per heavy atom. The summed E-state index contributed by atoms with van der Waals surface area (Å²) in [6.45, 7) is 4.06. The van der Waals surface area contributed by atoms with E-state index in [9.17, 15) is 4.79 Å². The molecule has 1 aromatic carbocycles. The van der Waals surface area contributed by atoms with E-state index in [4.69, 9.17) is 4.74 Å². The van der Waals surface area contributed by atoms with E-state index in [1.807, 2.05) is 24.3 Å². The van der Waals surface area contributed by atoms with E-state index >= 15 is 0 Å². The predicted octanol–water partition coefficient (Wildman–Crippen LogP) is 1.92. The van der Waals surface area contributed by atoms with Crippen molar-refractivity contribution in [2.24, 2.45) is 0 Å². The molecular formula is C15H21NO3. The number of esters is 1. The number of rotatable bonds is 4. The van der Waals surface area contributed by atoms with Crippen LogP contribution in [0.5, 0.6) is 5.75 Å². The van der Waals surface area contributed by atoms with Crippen molar-refractivity contribution < 1.29 is 14.3 Å². The van der Waals surface area contributed by atoms with Crippen LogP contribution in [0, 0.1) is 0 Å². The molecule has 0 bridgehead atoms. The summed E-state index contributed by atoms with van der Waals surface area (Å²) in [5.41, 5.74) is 0.799. The molecule has 0 aromatic heterocycles. The third-order valence-corrected chi connectivity index (χ3v) is 3.42. The number of carbonyl (C=O) groups is 1. The van der Waals surface area contributed by atoms with Gasteiger partial charge < -0.3 is 14.8 Å². The molecule has 4 nitrogen and oxygen atoms in total. The Labute approximate surface area is 114 Å². The van der Waals surface area contributed by atoms with Crippen molar-refractivity contribution in [1.82, 2.24) is 5.32 Å². The number of piperidine rings is 1. The third kappa shape index (κ3) is 3.96. The maximum atomic E-state index is 11.2. The van der Waals surface area contributed by atoms with Crippen LogP contribution < -0.4 is 10.1 Å². The second-order valence-electron chi connectivity index (χ2n) is 5.23. The van der Waals surface area contributed by atoms with Crippen LogP contribution in [0.2, 0.25) is 0 Å². The van der Waals surface area contributed by atoms with Crippen molar-refractivity contribution >= 4 is 5.97 Å². The molecule has 19 heavy (non-hydrogen) atoms. The van der Waals surface area contributed by atoms with Gasteiger partial charge in [-0.1, -0.05) is 12.1 Å². The Balaban J connectivity index is 1.96. The van der Waals surface area contributed by atoms with Gasteiger partial charge in [0.05, 0.1) is 13.5 Å².